The molecule has 43 heavy (non-hydrogen) atoms. The molecule has 2 fully saturated rings. The van der Waals surface area contributed by atoms with Gasteiger partial charge in [0.25, 0.3) is 5.88 Å². The van der Waals surface area contributed by atoms with Gasteiger partial charge in [0.1, 0.15) is 23.3 Å². The van der Waals surface area contributed by atoms with Crippen LogP contribution < -0.4 is 14.8 Å². The van der Waals surface area contributed by atoms with Crippen molar-refractivity contribution in [2.24, 2.45) is 5.41 Å². The molecule has 226 valence electrons. The lowest BCUT2D eigenvalue weighted by atomic mass is 10.0. The van der Waals surface area contributed by atoms with Gasteiger partial charge in [0.15, 0.2) is 0 Å². The molecule has 2 aliphatic rings. The smallest absolute Gasteiger partial charge is 0.403 e. The number of rotatable bonds is 9. The van der Waals surface area contributed by atoms with E-state index in [0.717, 1.165) is 22.2 Å². The quantitative estimate of drug-likeness (QED) is 0.287. The molecule has 0 unspecified atom stereocenters. The summed E-state index contributed by atoms with van der Waals surface area (Å²) in [6.07, 6.45) is -1.58. The summed E-state index contributed by atoms with van der Waals surface area (Å²) in [5, 5.41) is 3.21. The van der Waals surface area contributed by atoms with Crippen LogP contribution in [0.25, 0.3) is 22.3 Å². The maximum Gasteiger partial charge on any atom is 0.403 e. The van der Waals surface area contributed by atoms with Crippen LogP contribution in [0.15, 0.2) is 42.9 Å². The van der Waals surface area contributed by atoms with Crippen LogP contribution in [-0.2, 0) is 11.3 Å². The molecule has 3 aromatic heterocycles. The van der Waals surface area contributed by atoms with Gasteiger partial charge in [-0.2, -0.15) is 18.2 Å². The third-order valence-electron chi connectivity index (χ3n) is 7.85. The Bertz CT molecular complexity index is 1630. The number of ether oxygens (including phenoxy) is 2. The van der Waals surface area contributed by atoms with Crippen LogP contribution in [0.2, 0.25) is 0 Å². The number of nitrogens with zero attached hydrogens (tertiary/aromatic N) is 6. The van der Waals surface area contributed by atoms with E-state index in [2.05, 4.69) is 35.1 Å². The maximum absolute atomic E-state index is 13.4. The van der Waals surface area contributed by atoms with Crippen molar-refractivity contribution in [3.8, 4) is 22.9 Å². The molecule has 1 saturated heterocycles. The number of alkyl halides is 3. The van der Waals surface area contributed by atoms with E-state index in [4.69, 9.17) is 9.47 Å². The zero-order valence-electron chi connectivity index (χ0n) is 23.7. The third kappa shape index (κ3) is 5.66. The lowest BCUT2D eigenvalue weighted by Crippen LogP contribution is -2.52. The highest BCUT2D eigenvalue weighted by atomic mass is 19.4. The van der Waals surface area contributed by atoms with Crippen molar-refractivity contribution < 1.29 is 27.4 Å². The molecular weight excluding hydrogens is 565 g/mol. The van der Waals surface area contributed by atoms with Gasteiger partial charge < -0.3 is 24.7 Å². The molecule has 6 rings (SSSR count). The first-order chi connectivity index (χ1) is 20.7. The number of amides is 1. The van der Waals surface area contributed by atoms with E-state index >= 15 is 0 Å². The fourth-order valence-corrected chi connectivity index (χ4v) is 5.38. The predicted octanol–water partition coefficient (Wildman–Crippen LogP) is 4.55. The third-order valence-corrected chi connectivity index (χ3v) is 7.85. The number of nitrogens with one attached hydrogen (secondary N) is 2. The number of halogens is 3. The molecule has 2 N–H and O–H groups in total. The number of fused-ring (bicyclic) bond motifs is 1. The van der Waals surface area contributed by atoms with Crippen molar-refractivity contribution in [3.05, 3.63) is 48.4 Å². The number of piperazine rings is 1. The van der Waals surface area contributed by atoms with E-state index in [1.165, 1.54) is 11.2 Å². The molecule has 4 heterocycles. The first kappa shape index (κ1) is 28.6. The molecule has 14 heteroatoms. The van der Waals surface area contributed by atoms with Gasteiger partial charge in [0, 0.05) is 44.5 Å². The van der Waals surface area contributed by atoms with Crippen LogP contribution >= 0.6 is 0 Å². The van der Waals surface area contributed by atoms with Crippen LogP contribution in [0, 0.1) is 5.41 Å². The fourth-order valence-electron chi connectivity index (χ4n) is 5.38. The van der Waals surface area contributed by atoms with Crippen molar-refractivity contribution >= 4 is 28.7 Å². The van der Waals surface area contributed by atoms with Gasteiger partial charge in [-0.05, 0) is 49.6 Å². The fraction of sp³-hybridized carbons (Fsp3) is 0.414. The highest BCUT2D eigenvalue weighted by Gasteiger charge is 2.69. The first-order valence-electron chi connectivity index (χ1n) is 14.0. The predicted molar refractivity (Wildman–Crippen MR) is 152 cm³/mol. The highest BCUT2D eigenvalue weighted by molar-refractivity contribution is 5.86. The van der Waals surface area contributed by atoms with Gasteiger partial charge in [0.2, 0.25) is 17.6 Å². The molecule has 0 radical (unpaired) electrons. The van der Waals surface area contributed by atoms with Gasteiger partial charge >= 0.3 is 6.18 Å². The summed E-state index contributed by atoms with van der Waals surface area (Å²) in [5.41, 5.74) is 1.74. The number of hydrogen-bond acceptors (Lipinski definition) is 9. The number of H-pyrrole nitrogens is 1. The molecule has 0 bridgehead atoms. The summed E-state index contributed by atoms with van der Waals surface area (Å²) in [4.78, 5) is 36.9. The summed E-state index contributed by atoms with van der Waals surface area (Å²) in [6.45, 7) is 4.45. The number of methoxy groups -OCH3 is 1. The monoisotopic (exact) mass is 596 g/mol. The minimum atomic E-state index is -4.48. The van der Waals surface area contributed by atoms with Crippen molar-refractivity contribution in [2.45, 2.75) is 32.5 Å². The van der Waals surface area contributed by atoms with Crippen molar-refractivity contribution in [3.63, 3.8) is 0 Å². The highest BCUT2D eigenvalue weighted by Crippen LogP contribution is 2.58. The zero-order chi connectivity index (χ0) is 30.2. The number of carbonyl (C=O) groups is 1. The molecule has 1 saturated carbocycles. The van der Waals surface area contributed by atoms with E-state index in [9.17, 15) is 18.0 Å². The normalized spacial score (nSPS) is 16.7. The molecule has 0 atom stereocenters. The number of anilines is 2. The number of aromatic amines is 1. The standard InChI is InChI=1S/C29H31F3N8O3/c1-3-43-25-24(42-2)23(34-17-35-25)19-4-5-20-21(15-19)37-27(36-20)38-22-14-18(6-9-33-22)16-39-10-12-40(13-11-39)26(41)28(7-8-28)29(30,31)32/h4-6,9,14-15,17H,3,7-8,10-13,16H2,1-2H3,(H2,33,36,37,38). The summed E-state index contributed by atoms with van der Waals surface area (Å²) in [6, 6.07) is 9.49. The van der Waals surface area contributed by atoms with E-state index in [0.29, 0.717) is 55.3 Å². The number of pyridine rings is 1. The molecule has 1 aliphatic carbocycles. The van der Waals surface area contributed by atoms with Gasteiger partial charge in [-0.25, -0.2) is 15.0 Å². The SMILES string of the molecule is CCOc1ncnc(-c2ccc3nc(Nc4cc(CN5CCN(C(=O)C6(C(F)(F)F)CC6)CC5)ccn4)[nH]c3c2)c1OC. The Hall–Kier alpha value is -4.46. The molecule has 1 aliphatic heterocycles. The van der Waals surface area contributed by atoms with Crippen LogP contribution in [-0.4, -0.2) is 86.7 Å². The Labute approximate surface area is 245 Å². The Morgan fingerprint density at radius 2 is 1.88 bits per heavy atom. The maximum atomic E-state index is 13.4. The average Bonchev–Trinajstić information content (AvgIpc) is 3.73. The Morgan fingerprint density at radius 3 is 2.58 bits per heavy atom. The molecule has 4 aromatic rings. The largest absolute Gasteiger partial charge is 0.490 e. The van der Waals surface area contributed by atoms with E-state index in [1.54, 1.807) is 13.3 Å². The number of carbonyl (C=O) groups excluding carboxylic acids is 1. The van der Waals surface area contributed by atoms with Crippen LogP contribution in [0.1, 0.15) is 25.3 Å². The molecule has 1 amide bonds. The summed E-state index contributed by atoms with van der Waals surface area (Å²) >= 11 is 0. The van der Waals surface area contributed by atoms with Crippen molar-refractivity contribution in [1.29, 1.82) is 0 Å². The second-order valence-electron chi connectivity index (χ2n) is 10.6. The van der Waals surface area contributed by atoms with E-state index in [1.807, 2.05) is 37.3 Å². The molecule has 11 nitrogen and oxygen atoms in total. The van der Waals surface area contributed by atoms with Gasteiger partial charge in [-0.3, -0.25) is 9.69 Å². The minimum Gasteiger partial charge on any atom is -0.490 e. The molecular formula is C29H31F3N8O3. The molecule has 0 spiro atoms. The average molecular weight is 597 g/mol. The number of benzene rings is 1. The number of hydrogen-bond donors (Lipinski definition) is 2. The topological polar surface area (TPSA) is 121 Å². The lowest BCUT2D eigenvalue weighted by Gasteiger charge is -2.37. The van der Waals surface area contributed by atoms with Gasteiger partial charge in [-0.1, -0.05) is 6.07 Å². The number of imidazole rings is 1. The zero-order valence-corrected chi connectivity index (χ0v) is 23.7. The summed E-state index contributed by atoms with van der Waals surface area (Å²) in [5.74, 6) is 1.14. The second kappa shape index (κ2) is 11.3. The lowest BCUT2D eigenvalue weighted by molar-refractivity contribution is -0.199. The number of aromatic nitrogens is 5. The summed E-state index contributed by atoms with van der Waals surface area (Å²) in [7, 11) is 1.55. The molecule has 1 aromatic carbocycles. The van der Waals surface area contributed by atoms with Gasteiger partial charge in [-0.15, -0.1) is 0 Å². The second-order valence-corrected chi connectivity index (χ2v) is 10.6. The Morgan fingerprint density at radius 1 is 1.09 bits per heavy atom. The van der Waals surface area contributed by atoms with Crippen molar-refractivity contribution in [1.82, 2.24) is 34.7 Å². The van der Waals surface area contributed by atoms with E-state index < -0.39 is 17.5 Å². The van der Waals surface area contributed by atoms with Gasteiger partial charge in [0.05, 0.1) is 24.8 Å². The van der Waals surface area contributed by atoms with Crippen LogP contribution in [0.3, 0.4) is 0 Å². The summed E-state index contributed by atoms with van der Waals surface area (Å²) < 4.78 is 51.3. The minimum absolute atomic E-state index is 0.110. The van der Waals surface area contributed by atoms with Crippen molar-refractivity contribution in [2.75, 3.05) is 45.2 Å². The Balaban J connectivity index is 1.10. The first-order valence-corrected chi connectivity index (χ1v) is 14.0. The Kier molecular flexibility index (Phi) is 7.54. The van der Waals surface area contributed by atoms with Crippen LogP contribution in [0.4, 0.5) is 24.9 Å². The van der Waals surface area contributed by atoms with E-state index in [-0.39, 0.29) is 25.9 Å². The van der Waals surface area contributed by atoms with Crippen LogP contribution in [0.5, 0.6) is 11.6 Å².